The Labute approximate surface area is 131 Å². The molecule has 1 rings (SSSR count). The Morgan fingerprint density at radius 1 is 1.38 bits per heavy atom. The van der Waals surface area contributed by atoms with Crippen LogP contribution in [0.1, 0.15) is 20.8 Å². The molecule has 21 heavy (non-hydrogen) atoms. The number of sulfonamides is 1. The van der Waals surface area contributed by atoms with Gasteiger partial charge < -0.3 is 10.1 Å². The number of benzene rings is 1. The Kier molecular flexibility index (Phi) is 5.71. The summed E-state index contributed by atoms with van der Waals surface area (Å²) in [6, 6.07) is 1.80. The molecule has 0 aromatic heterocycles. The van der Waals surface area contributed by atoms with Crippen LogP contribution in [-0.4, -0.2) is 26.5 Å². The van der Waals surface area contributed by atoms with E-state index in [1.807, 2.05) is 0 Å². The van der Waals surface area contributed by atoms with E-state index < -0.39 is 26.8 Å². The monoisotopic (exact) mass is 382 g/mol. The number of carbonyl (C=O) groups is 1. The smallest absolute Gasteiger partial charge is 0.260 e. The van der Waals surface area contributed by atoms with Crippen molar-refractivity contribution in [2.24, 2.45) is 5.14 Å². The lowest BCUT2D eigenvalue weighted by Gasteiger charge is -2.17. The van der Waals surface area contributed by atoms with Crippen LogP contribution in [0.25, 0.3) is 0 Å². The molecule has 1 atom stereocenters. The predicted molar refractivity (Wildman–Crippen MR) is 78.8 cm³/mol. The lowest BCUT2D eigenvalue weighted by molar-refractivity contribution is -0.127. The maximum absolute atomic E-state index is 13.7. The van der Waals surface area contributed by atoms with Crippen molar-refractivity contribution in [3.05, 3.63) is 22.4 Å². The molecule has 0 saturated carbocycles. The second kappa shape index (κ2) is 6.71. The number of amides is 1. The van der Waals surface area contributed by atoms with Gasteiger partial charge in [0, 0.05) is 12.1 Å². The SMILES string of the molecule is CC(C)NC(=O)C(C)Oc1cc(F)c(S(N)(=O)=O)cc1Br. The molecule has 6 nitrogen and oxygen atoms in total. The van der Waals surface area contributed by atoms with Crippen molar-refractivity contribution in [3.8, 4) is 5.75 Å². The van der Waals surface area contributed by atoms with Gasteiger partial charge in [-0.05, 0) is 42.8 Å². The van der Waals surface area contributed by atoms with E-state index in [0.717, 1.165) is 12.1 Å². The molecule has 118 valence electrons. The Hall–Kier alpha value is -1.19. The summed E-state index contributed by atoms with van der Waals surface area (Å²) >= 11 is 3.06. The third-order valence-corrected chi connectivity index (χ3v) is 3.94. The van der Waals surface area contributed by atoms with Crippen LogP contribution in [0.2, 0.25) is 0 Å². The number of nitrogens with two attached hydrogens (primary N) is 1. The van der Waals surface area contributed by atoms with E-state index in [1.165, 1.54) is 6.92 Å². The molecule has 0 bridgehead atoms. The van der Waals surface area contributed by atoms with Crippen LogP contribution in [0.4, 0.5) is 4.39 Å². The molecule has 0 spiro atoms. The van der Waals surface area contributed by atoms with Crippen molar-refractivity contribution in [3.63, 3.8) is 0 Å². The summed E-state index contributed by atoms with van der Waals surface area (Å²) in [5.74, 6) is -1.41. The fourth-order valence-electron chi connectivity index (χ4n) is 1.46. The van der Waals surface area contributed by atoms with Crippen LogP contribution in [0.15, 0.2) is 21.5 Å². The van der Waals surface area contributed by atoms with E-state index in [4.69, 9.17) is 9.88 Å². The summed E-state index contributed by atoms with van der Waals surface area (Å²) in [4.78, 5) is 11.1. The van der Waals surface area contributed by atoms with E-state index in [2.05, 4.69) is 21.2 Å². The average molecular weight is 383 g/mol. The van der Waals surface area contributed by atoms with Crippen molar-refractivity contribution in [1.29, 1.82) is 0 Å². The summed E-state index contributed by atoms with van der Waals surface area (Å²) in [5, 5.41) is 7.53. The van der Waals surface area contributed by atoms with Gasteiger partial charge in [0.1, 0.15) is 16.5 Å². The third-order valence-electron chi connectivity index (χ3n) is 2.40. The Bertz CT molecular complexity index is 649. The molecule has 1 amide bonds. The molecule has 0 radical (unpaired) electrons. The summed E-state index contributed by atoms with van der Waals surface area (Å²) < 4.78 is 41.6. The first-order chi connectivity index (χ1) is 9.52. The molecule has 0 fully saturated rings. The maximum Gasteiger partial charge on any atom is 0.260 e. The fourth-order valence-corrected chi connectivity index (χ4v) is 2.67. The number of hydrogen-bond donors (Lipinski definition) is 2. The first-order valence-corrected chi connectivity index (χ1v) is 8.35. The van der Waals surface area contributed by atoms with Crippen LogP contribution >= 0.6 is 15.9 Å². The van der Waals surface area contributed by atoms with Crippen LogP contribution in [0.5, 0.6) is 5.75 Å². The molecule has 0 aliphatic carbocycles. The maximum atomic E-state index is 13.7. The number of halogens is 2. The molecular weight excluding hydrogens is 367 g/mol. The first kappa shape index (κ1) is 17.9. The molecule has 0 heterocycles. The Balaban J connectivity index is 3.01. The average Bonchev–Trinajstić information content (AvgIpc) is 2.30. The van der Waals surface area contributed by atoms with Gasteiger partial charge in [-0.1, -0.05) is 0 Å². The second-order valence-corrected chi connectivity index (χ2v) is 7.07. The van der Waals surface area contributed by atoms with Crippen molar-refractivity contribution in [2.45, 2.75) is 37.8 Å². The summed E-state index contributed by atoms with van der Waals surface area (Å²) in [7, 11) is -4.17. The van der Waals surface area contributed by atoms with Crippen molar-refractivity contribution < 1.29 is 22.3 Å². The van der Waals surface area contributed by atoms with Crippen molar-refractivity contribution in [2.75, 3.05) is 0 Å². The number of hydrogen-bond acceptors (Lipinski definition) is 4. The molecule has 0 saturated heterocycles. The van der Waals surface area contributed by atoms with Gasteiger partial charge in [0.2, 0.25) is 10.0 Å². The minimum atomic E-state index is -4.17. The van der Waals surface area contributed by atoms with E-state index in [1.54, 1.807) is 13.8 Å². The van der Waals surface area contributed by atoms with Crippen LogP contribution < -0.4 is 15.2 Å². The number of carbonyl (C=O) groups excluding carboxylic acids is 1. The van der Waals surface area contributed by atoms with Crippen LogP contribution in [0, 0.1) is 5.82 Å². The molecule has 3 N–H and O–H groups in total. The van der Waals surface area contributed by atoms with E-state index in [9.17, 15) is 17.6 Å². The summed E-state index contributed by atoms with van der Waals surface area (Å²) in [6.07, 6.45) is -0.872. The Morgan fingerprint density at radius 3 is 2.43 bits per heavy atom. The second-order valence-electron chi connectivity index (χ2n) is 4.68. The van der Waals surface area contributed by atoms with Gasteiger partial charge >= 0.3 is 0 Å². The highest BCUT2D eigenvalue weighted by molar-refractivity contribution is 9.10. The fraction of sp³-hybridized carbons (Fsp3) is 0.417. The third kappa shape index (κ3) is 4.94. The zero-order valence-corrected chi connectivity index (χ0v) is 14.1. The quantitative estimate of drug-likeness (QED) is 0.806. The molecule has 1 aromatic carbocycles. The molecule has 9 heteroatoms. The lowest BCUT2D eigenvalue weighted by atomic mass is 10.3. The molecule has 0 aliphatic heterocycles. The minimum absolute atomic E-state index is 0.00584. The highest BCUT2D eigenvalue weighted by Gasteiger charge is 2.21. The zero-order valence-electron chi connectivity index (χ0n) is 11.7. The van der Waals surface area contributed by atoms with Gasteiger partial charge in [-0.15, -0.1) is 0 Å². The minimum Gasteiger partial charge on any atom is -0.480 e. The van der Waals surface area contributed by atoms with Gasteiger partial charge in [-0.25, -0.2) is 17.9 Å². The molecular formula is C12H16BrFN2O4S. The predicted octanol–water partition coefficient (Wildman–Crippen LogP) is 1.53. The van der Waals surface area contributed by atoms with Gasteiger partial charge in [0.05, 0.1) is 4.47 Å². The van der Waals surface area contributed by atoms with Gasteiger partial charge in [0.15, 0.2) is 6.10 Å². The zero-order chi connectivity index (χ0) is 16.4. The molecule has 1 unspecified atom stereocenters. The highest BCUT2D eigenvalue weighted by atomic mass is 79.9. The molecule has 0 aliphatic rings. The standard InChI is InChI=1S/C12H16BrFN2O4S/c1-6(2)16-12(17)7(3)20-10-5-9(14)11(4-8(10)13)21(15,18)19/h4-7H,1-3H3,(H,16,17)(H2,15,18,19). The largest absolute Gasteiger partial charge is 0.480 e. The van der Waals surface area contributed by atoms with Crippen LogP contribution in [-0.2, 0) is 14.8 Å². The number of primary sulfonamides is 1. The van der Waals surface area contributed by atoms with E-state index in [0.29, 0.717) is 0 Å². The van der Waals surface area contributed by atoms with E-state index in [-0.39, 0.29) is 22.2 Å². The van der Waals surface area contributed by atoms with Crippen molar-refractivity contribution >= 4 is 31.9 Å². The number of rotatable bonds is 5. The highest BCUT2D eigenvalue weighted by Crippen LogP contribution is 2.30. The van der Waals surface area contributed by atoms with Crippen LogP contribution in [0.3, 0.4) is 0 Å². The van der Waals surface area contributed by atoms with E-state index >= 15 is 0 Å². The van der Waals surface area contributed by atoms with Gasteiger partial charge in [0.25, 0.3) is 5.91 Å². The van der Waals surface area contributed by atoms with Gasteiger partial charge in [-0.3, -0.25) is 4.79 Å². The summed E-state index contributed by atoms with van der Waals surface area (Å²) in [6.45, 7) is 5.08. The topological polar surface area (TPSA) is 98.5 Å². The number of ether oxygens (including phenoxy) is 1. The molecule has 1 aromatic rings. The number of nitrogens with one attached hydrogen (secondary N) is 1. The first-order valence-electron chi connectivity index (χ1n) is 6.01. The van der Waals surface area contributed by atoms with Gasteiger partial charge in [-0.2, -0.15) is 0 Å². The lowest BCUT2D eigenvalue weighted by Crippen LogP contribution is -2.40. The Morgan fingerprint density at radius 2 is 1.95 bits per heavy atom. The van der Waals surface area contributed by atoms with Crippen molar-refractivity contribution in [1.82, 2.24) is 5.32 Å². The summed E-state index contributed by atoms with van der Waals surface area (Å²) in [5.41, 5.74) is 0. The normalized spacial score (nSPS) is 13.1.